The van der Waals surface area contributed by atoms with Crippen LogP contribution in [0.25, 0.3) is 0 Å². The lowest BCUT2D eigenvalue weighted by Crippen LogP contribution is -2.15. The van der Waals surface area contributed by atoms with Gasteiger partial charge in [0.15, 0.2) is 0 Å². The van der Waals surface area contributed by atoms with Crippen molar-refractivity contribution in [3.8, 4) is 0 Å². The van der Waals surface area contributed by atoms with Gasteiger partial charge in [-0.25, -0.2) is 0 Å². The second-order valence-corrected chi connectivity index (χ2v) is 5.41. The van der Waals surface area contributed by atoms with Crippen LogP contribution in [0.4, 0.5) is 0 Å². The first-order valence-corrected chi connectivity index (χ1v) is 6.30. The van der Waals surface area contributed by atoms with Gasteiger partial charge in [-0.2, -0.15) is 5.10 Å². The minimum atomic E-state index is 0.420. The Bertz CT molecular complexity index is 359. The van der Waals surface area contributed by atoms with E-state index in [2.05, 4.69) is 21.0 Å². The zero-order valence-electron chi connectivity index (χ0n) is 9.33. The van der Waals surface area contributed by atoms with Crippen molar-refractivity contribution in [2.24, 2.45) is 18.7 Å². The highest BCUT2D eigenvalue weighted by Gasteiger charge is 2.24. The molecule has 2 unspecified atom stereocenters. The molecule has 1 heterocycles. The van der Waals surface area contributed by atoms with Gasteiger partial charge in [-0.1, -0.05) is 0 Å². The number of hydrogen-bond donors (Lipinski definition) is 1. The highest BCUT2D eigenvalue weighted by atomic mass is 79.9. The molecule has 1 saturated carbocycles. The summed E-state index contributed by atoms with van der Waals surface area (Å²) in [4.78, 5) is 0. The maximum absolute atomic E-state index is 5.93. The molecule has 0 bridgehead atoms. The zero-order chi connectivity index (χ0) is 11.0. The van der Waals surface area contributed by atoms with E-state index in [1.807, 2.05) is 18.7 Å². The topological polar surface area (TPSA) is 43.8 Å². The molecule has 0 aromatic carbocycles. The van der Waals surface area contributed by atoms with E-state index in [0.717, 1.165) is 24.5 Å². The van der Waals surface area contributed by atoms with E-state index in [0.29, 0.717) is 6.04 Å². The van der Waals surface area contributed by atoms with Crippen LogP contribution in [0, 0.1) is 12.8 Å². The van der Waals surface area contributed by atoms with Crippen molar-refractivity contribution in [1.82, 2.24) is 9.78 Å². The van der Waals surface area contributed by atoms with Crippen LogP contribution in [-0.4, -0.2) is 15.8 Å². The van der Waals surface area contributed by atoms with Crippen molar-refractivity contribution < 1.29 is 0 Å². The van der Waals surface area contributed by atoms with Gasteiger partial charge in [0.2, 0.25) is 0 Å². The smallest absolute Gasteiger partial charge is 0.0738 e. The number of aryl methyl sites for hydroxylation is 2. The van der Waals surface area contributed by atoms with Gasteiger partial charge in [0, 0.05) is 13.1 Å². The monoisotopic (exact) mass is 271 g/mol. The fraction of sp³-hybridized carbons (Fsp3) is 0.727. The molecule has 2 rings (SSSR count). The van der Waals surface area contributed by atoms with Crippen LogP contribution in [0.5, 0.6) is 0 Å². The van der Waals surface area contributed by atoms with Crippen molar-refractivity contribution in [1.29, 1.82) is 0 Å². The number of nitrogens with zero attached hydrogens (tertiary/aromatic N) is 2. The summed E-state index contributed by atoms with van der Waals surface area (Å²) in [5.74, 6) is 0.742. The number of halogens is 1. The van der Waals surface area contributed by atoms with E-state index in [9.17, 15) is 0 Å². The quantitative estimate of drug-likeness (QED) is 0.896. The third-order valence-corrected chi connectivity index (χ3v) is 4.36. The van der Waals surface area contributed by atoms with Gasteiger partial charge in [0.1, 0.15) is 0 Å². The Kier molecular flexibility index (Phi) is 3.16. The fourth-order valence-corrected chi connectivity index (χ4v) is 2.97. The van der Waals surface area contributed by atoms with Crippen LogP contribution in [0.1, 0.15) is 30.7 Å². The van der Waals surface area contributed by atoms with Gasteiger partial charge < -0.3 is 5.73 Å². The predicted octanol–water partition coefficient (Wildman–Crippen LogP) is 2.16. The van der Waals surface area contributed by atoms with Crippen LogP contribution >= 0.6 is 15.9 Å². The molecule has 15 heavy (non-hydrogen) atoms. The molecule has 1 aliphatic carbocycles. The standard InChI is InChI=1S/C11H18BrN3/c1-7-11(12)10(15(2)14-7)6-8-3-4-9(13)5-8/h8-9H,3-6,13H2,1-2H3. The fourth-order valence-electron chi connectivity index (χ4n) is 2.47. The van der Waals surface area contributed by atoms with Crippen LogP contribution < -0.4 is 5.73 Å². The van der Waals surface area contributed by atoms with E-state index in [-0.39, 0.29) is 0 Å². The zero-order valence-corrected chi connectivity index (χ0v) is 10.9. The molecule has 1 aromatic heterocycles. The summed E-state index contributed by atoms with van der Waals surface area (Å²) >= 11 is 3.61. The summed E-state index contributed by atoms with van der Waals surface area (Å²) in [5, 5.41) is 4.41. The molecule has 0 saturated heterocycles. The Morgan fingerprint density at radius 1 is 1.53 bits per heavy atom. The highest BCUT2D eigenvalue weighted by Crippen LogP contribution is 2.30. The van der Waals surface area contributed by atoms with Gasteiger partial charge in [0.05, 0.1) is 15.9 Å². The van der Waals surface area contributed by atoms with Gasteiger partial charge in [-0.3, -0.25) is 4.68 Å². The van der Waals surface area contributed by atoms with Gasteiger partial charge in [-0.05, 0) is 54.5 Å². The van der Waals surface area contributed by atoms with Crippen molar-refractivity contribution >= 4 is 15.9 Å². The number of rotatable bonds is 2. The Labute approximate surface area is 99.2 Å². The molecule has 0 radical (unpaired) electrons. The first-order chi connectivity index (χ1) is 7.08. The average Bonchev–Trinajstić information content (AvgIpc) is 2.67. The van der Waals surface area contributed by atoms with E-state index in [1.54, 1.807) is 0 Å². The average molecular weight is 272 g/mol. The Hall–Kier alpha value is -0.350. The maximum Gasteiger partial charge on any atom is 0.0738 e. The lowest BCUT2D eigenvalue weighted by molar-refractivity contribution is 0.511. The molecule has 0 spiro atoms. The number of hydrogen-bond acceptors (Lipinski definition) is 2. The molecule has 2 atom stereocenters. The third-order valence-electron chi connectivity index (χ3n) is 3.33. The SMILES string of the molecule is Cc1nn(C)c(CC2CCC(N)C2)c1Br. The van der Waals surface area contributed by atoms with Crippen molar-refractivity contribution in [3.63, 3.8) is 0 Å². The summed E-state index contributed by atoms with van der Waals surface area (Å²) in [5.41, 5.74) is 8.32. The van der Waals surface area contributed by atoms with Crippen LogP contribution in [0.2, 0.25) is 0 Å². The molecule has 0 aliphatic heterocycles. The second kappa shape index (κ2) is 4.26. The van der Waals surface area contributed by atoms with Gasteiger partial charge in [0.25, 0.3) is 0 Å². The Morgan fingerprint density at radius 3 is 2.73 bits per heavy atom. The van der Waals surface area contributed by atoms with E-state index in [4.69, 9.17) is 5.73 Å². The van der Waals surface area contributed by atoms with E-state index < -0.39 is 0 Å². The lowest BCUT2D eigenvalue weighted by Gasteiger charge is -2.10. The molecule has 1 aliphatic rings. The molecule has 1 fully saturated rings. The summed E-state index contributed by atoms with van der Waals surface area (Å²) in [6.07, 6.45) is 4.71. The van der Waals surface area contributed by atoms with Gasteiger partial charge >= 0.3 is 0 Å². The summed E-state index contributed by atoms with van der Waals surface area (Å²) in [6, 6.07) is 0.420. The number of aromatic nitrogens is 2. The van der Waals surface area contributed by atoms with Crippen LogP contribution in [-0.2, 0) is 13.5 Å². The van der Waals surface area contributed by atoms with Gasteiger partial charge in [-0.15, -0.1) is 0 Å². The van der Waals surface area contributed by atoms with E-state index >= 15 is 0 Å². The molecular weight excluding hydrogens is 254 g/mol. The van der Waals surface area contributed by atoms with Crippen molar-refractivity contribution in [2.75, 3.05) is 0 Å². The van der Waals surface area contributed by atoms with Crippen molar-refractivity contribution in [3.05, 3.63) is 15.9 Å². The second-order valence-electron chi connectivity index (χ2n) is 4.61. The van der Waals surface area contributed by atoms with Crippen LogP contribution in [0.15, 0.2) is 4.47 Å². The normalized spacial score (nSPS) is 26.1. The Morgan fingerprint density at radius 2 is 2.27 bits per heavy atom. The first kappa shape index (κ1) is 11.1. The Balaban J connectivity index is 2.10. The third kappa shape index (κ3) is 2.26. The molecule has 3 nitrogen and oxygen atoms in total. The molecule has 2 N–H and O–H groups in total. The van der Waals surface area contributed by atoms with E-state index in [1.165, 1.54) is 23.0 Å². The molecule has 4 heteroatoms. The molecule has 0 amide bonds. The minimum Gasteiger partial charge on any atom is -0.328 e. The number of nitrogens with two attached hydrogens (primary N) is 1. The summed E-state index contributed by atoms with van der Waals surface area (Å²) in [7, 11) is 2.02. The highest BCUT2D eigenvalue weighted by molar-refractivity contribution is 9.10. The van der Waals surface area contributed by atoms with Crippen LogP contribution in [0.3, 0.4) is 0 Å². The largest absolute Gasteiger partial charge is 0.328 e. The maximum atomic E-state index is 5.93. The molecular formula is C11H18BrN3. The summed E-state index contributed by atoms with van der Waals surface area (Å²) < 4.78 is 3.16. The molecule has 1 aromatic rings. The predicted molar refractivity (Wildman–Crippen MR) is 64.7 cm³/mol. The minimum absolute atomic E-state index is 0.420. The first-order valence-electron chi connectivity index (χ1n) is 5.51. The van der Waals surface area contributed by atoms with Crippen molar-refractivity contribution in [2.45, 2.75) is 38.6 Å². The summed E-state index contributed by atoms with van der Waals surface area (Å²) in [6.45, 7) is 2.04. The lowest BCUT2D eigenvalue weighted by atomic mass is 10.0. The molecule has 84 valence electrons.